The quantitative estimate of drug-likeness (QED) is 0.182. The van der Waals surface area contributed by atoms with Crippen molar-refractivity contribution >= 4 is 22.1 Å². The highest BCUT2D eigenvalue weighted by Gasteiger charge is 2.19. The number of ether oxygens (including phenoxy) is 3. The van der Waals surface area contributed by atoms with E-state index in [-0.39, 0.29) is 22.9 Å². The lowest BCUT2D eigenvalue weighted by Gasteiger charge is -2.10. The van der Waals surface area contributed by atoms with Crippen molar-refractivity contribution in [1.29, 1.82) is 0 Å². The number of amides is 1. The first kappa shape index (κ1) is 30.7. The number of rotatable bonds is 19. The molecule has 1 aromatic heterocycles. The minimum absolute atomic E-state index is 0.00702. The predicted molar refractivity (Wildman–Crippen MR) is 135 cm³/mol. The molecular weight excluding hydrogens is 472 g/mol. The third kappa shape index (κ3) is 13.9. The van der Waals surface area contributed by atoms with Crippen molar-refractivity contribution in [3.05, 3.63) is 17.8 Å². The van der Waals surface area contributed by atoms with Crippen molar-refractivity contribution in [2.75, 3.05) is 20.0 Å². The summed E-state index contributed by atoms with van der Waals surface area (Å²) in [5.41, 5.74) is -0.0383. The van der Waals surface area contributed by atoms with E-state index in [9.17, 15) is 18.0 Å². The van der Waals surface area contributed by atoms with Crippen molar-refractivity contribution in [2.24, 2.45) is 0 Å². The van der Waals surface area contributed by atoms with E-state index in [2.05, 4.69) is 16.6 Å². The summed E-state index contributed by atoms with van der Waals surface area (Å²) in [6.07, 6.45) is 16.6. The third-order valence-electron chi connectivity index (χ3n) is 5.66. The molecule has 9 nitrogen and oxygen atoms in total. The number of sulfonamides is 1. The number of nitrogens with one attached hydrogen (secondary N) is 1. The molecule has 1 N–H and O–H groups in total. The van der Waals surface area contributed by atoms with E-state index in [1.54, 1.807) is 0 Å². The molecule has 0 unspecified atom stereocenters. The van der Waals surface area contributed by atoms with E-state index in [1.807, 2.05) is 4.72 Å². The Labute approximate surface area is 210 Å². The van der Waals surface area contributed by atoms with Crippen LogP contribution in [0.25, 0.3) is 0 Å². The van der Waals surface area contributed by atoms with Gasteiger partial charge in [0.15, 0.2) is 5.75 Å². The van der Waals surface area contributed by atoms with Gasteiger partial charge in [-0.05, 0) is 6.42 Å². The highest BCUT2D eigenvalue weighted by molar-refractivity contribution is 7.90. The molecule has 0 radical (unpaired) electrons. The SMILES string of the molecule is CCCCCCCCCCCCCCCCS(=O)(=O)NC(=O)c1cnc(OC(=O)OC)c(OC)c1. The molecule has 1 amide bonds. The minimum atomic E-state index is -3.77. The molecular formula is C25H42N2O7S. The normalized spacial score (nSPS) is 11.2. The molecule has 1 heterocycles. The maximum Gasteiger partial charge on any atom is 0.515 e. The van der Waals surface area contributed by atoms with Crippen molar-refractivity contribution in [2.45, 2.75) is 96.8 Å². The van der Waals surface area contributed by atoms with Gasteiger partial charge in [0.25, 0.3) is 11.8 Å². The van der Waals surface area contributed by atoms with Crippen molar-refractivity contribution < 1.29 is 32.2 Å². The molecule has 35 heavy (non-hydrogen) atoms. The number of hydrogen-bond donors (Lipinski definition) is 1. The fourth-order valence-electron chi connectivity index (χ4n) is 3.64. The number of aromatic nitrogens is 1. The van der Waals surface area contributed by atoms with Crippen LogP contribution in [0.2, 0.25) is 0 Å². The van der Waals surface area contributed by atoms with Crippen LogP contribution in [0.15, 0.2) is 12.3 Å². The van der Waals surface area contributed by atoms with Crippen molar-refractivity contribution in [3.63, 3.8) is 0 Å². The Balaban J connectivity index is 2.23. The van der Waals surface area contributed by atoms with Gasteiger partial charge in [-0.25, -0.2) is 22.9 Å². The molecule has 0 atom stereocenters. The number of carbonyl (C=O) groups is 2. The molecule has 0 aliphatic rings. The largest absolute Gasteiger partial charge is 0.515 e. The van der Waals surface area contributed by atoms with Gasteiger partial charge in [0.1, 0.15) is 0 Å². The summed E-state index contributed by atoms with van der Waals surface area (Å²) in [6.45, 7) is 2.24. The number of methoxy groups -OCH3 is 2. The molecule has 0 saturated carbocycles. The fourth-order valence-corrected chi connectivity index (χ4v) is 4.72. The number of nitrogens with zero attached hydrogens (tertiary/aromatic N) is 1. The van der Waals surface area contributed by atoms with Gasteiger partial charge in [-0.1, -0.05) is 90.4 Å². The Morgan fingerprint density at radius 2 is 1.37 bits per heavy atom. The van der Waals surface area contributed by atoms with Gasteiger partial charge in [-0.2, -0.15) is 0 Å². The molecule has 0 spiro atoms. The van der Waals surface area contributed by atoms with Crippen LogP contribution in [-0.4, -0.2) is 45.4 Å². The zero-order chi connectivity index (χ0) is 25.9. The molecule has 0 aromatic carbocycles. The third-order valence-corrected chi connectivity index (χ3v) is 6.98. The molecule has 0 aliphatic carbocycles. The van der Waals surface area contributed by atoms with Crippen LogP contribution in [-0.2, 0) is 14.8 Å². The Morgan fingerprint density at radius 1 is 0.857 bits per heavy atom. The van der Waals surface area contributed by atoms with Crippen LogP contribution in [0.1, 0.15) is 107 Å². The summed E-state index contributed by atoms with van der Waals surface area (Å²) >= 11 is 0. The first-order valence-corrected chi connectivity index (χ1v) is 14.3. The summed E-state index contributed by atoms with van der Waals surface area (Å²) in [5.74, 6) is -1.15. The average molecular weight is 515 g/mol. The summed E-state index contributed by atoms with van der Waals surface area (Å²) in [4.78, 5) is 27.4. The Kier molecular flexibility index (Phi) is 15.8. The van der Waals surface area contributed by atoms with E-state index in [4.69, 9.17) is 9.47 Å². The van der Waals surface area contributed by atoms with E-state index in [0.717, 1.165) is 32.6 Å². The predicted octanol–water partition coefficient (Wildman–Crippen LogP) is 5.78. The number of pyridine rings is 1. The first-order chi connectivity index (χ1) is 16.8. The van der Waals surface area contributed by atoms with E-state index in [1.165, 1.54) is 77.4 Å². The topological polar surface area (TPSA) is 121 Å². The van der Waals surface area contributed by atoms with Crippen molar-refractivity contribution in [3.8, 4) is 11.6 Å². The zero-order valence-electron chi connectivity index (χ0n) is 21.5. The second-order valence-electron chi connectivity index (χ2n) is 8.63. The molecule has 1 aromatic rings. The maximum absolute atomic E-state index is 12.3. The standard InChI is InChI=1S/C25H42N2O7S/c1-4-5-6-7-8-9-10-11-12-13-14-15-16-17-18-35(30,31)27-23(28)21-19-22(32-2)24(26-20-21)34-25(29)33-3/h19-20H,4-18H2,1-3H3,(H,27,28). The highest BCUT2D eigenvalue weighted by atomic mass is 32.2. The van der Waals surface area contributed by atoms with E-state index >= 15 is 0 Å². The average Bonchev–Trinajstić information content (AvgIpc) is 2.83. The Hall–Kier alpha value is -2.36. The van der Waals surface area contributed by atoms with Crippen LogP contribution in [0.5, 0.6) is 11.6 Å². The summed E-state index contributed by atoms with van der Waals surface area (Å²) in [6, 6.07) is 1.24. The molecule has 0 fully saturated rings. The summed E-state index contributed by atoms with van der Waals surface area (Å²) in [7, 11) is -1.33. The Morgan fingerprint density at radius 3 is 1.86 bits per heavy atom. The minimum Gasteiger partial charge on any atom is -0.491 e. The van der Waals surface area contributed by atoms with E-state index < -0.39 is 22.1 Å². The molecule has 0 bridgehead atoms. The van der Waals surface area contributed by atoms with Gasteiger partial charge < -0.3 is 14.2 Å². The van der Waals surface area contributed by atoms with Gasteiger partial charge in [-0.15, -0.1) is 0 Å². The number of unbranched alkanes of at least 4 members (excludes halogenated alkanes) is 13. The number of carbonyl (C=O) groups excluding carboxylic acids is 2. The molecule has 200 valence electrons. The van der Waals surface area contributed by atoms with Gasteiger partial charge in [0.05, 0.1) is 25.5 Å². The van der Waals surface area contributed by atoms with Gasteiger partial charge >= 0.3 is 6.16 Å². The van der Waals surface area contributed by atoms with Crippen LogP contribution in [0.3, 0.4) is 0 Å². The second kappa shape index (κ2) is 18.0. The smallest absolute Gasteiger partial charge is 0.491 e. The first-order valence-electron chi connectivity index (χ1n) is 12.7. The summed E-state index contributed by atoms with van der Waals surface area (Å²) < 4.78 is 40.8. The molecule has 10 heteroatoms. The van der Waals surface area contributed by atoms with Crippen LogP contribution in [0, 0.1) is 0 Å². The number of hydrogen-bond acceptors (Lipinski definition) is 8. The maximum atomic E-state index is 12.3. The zero-order valence-corrected chi connectivity index (χ0v) is 22.3. The van der Waals surface area contributed by atoms with Crippen LogP contribution >= 0.6 is 0 Å². The molecule has 0 saturated heterocycles. The lowest BCUT2D eigenvalue weighted by molar-refractivity contribution is 0.0980. The second-order valence-corrected chi connectivity index (χ2v) is 10.5. The van der Waals surface area contributed by atoms with Crippen molar-refractivity contribution in [1.82, 2.24) is 9.71 Å². The van der Waals surface area contributed by atoms with Gasteiger partial charge in [-0.3, -0.25) is 4.79 Å². The van der Waals surface area contributed by atoms with E-state index in [0.29, 0.717) is 6.42 Å². The molecule has 1 rings (SSSR count). The monoisotopic (exact) mass is 514 g/mol. The fraction of sp³-hybridized carbons (Fsp3) is 0.720. The van der Waals surface area contributed by atoms with Crippen LogP contribution < -0.4 is 14.2 Å². The summed E-state index contributed by atoms with van der Waals surface area (Å²) in [5, 5.41) is 0. The van der Waals surface area contributed by atoms with Gasteiger partial charge in [0, 0.05) is 12.3 Å². The van der Waals surface area contributed by atoms with Gasteiger partial charge in [0.2, 0.25) is 10.0 Å². The Bertz CT molecular complexity index is 859. The molecule has 0 aliphatic heterocycles. The highest BCUT2D eigenvalue weighted by Crippen LogP contribution is 2.25. The van der Waals surface area contributed by atoms with Crippen LogP contribution in [0.4, 0.5) is 4.79 Å². The lowest BCUT2D eigenvalue weighted by Crippen LogP contribution is -2.32. The lowest BCUT2D eigenvalue weighted by atomic mass is 10.0.